The fourth-order valence-corrected chi connectivity index (χ4v) is 8.67. The molecule has 0 saturated carbocycles. The fourth-order valence-electron chi connectivity index (χ4n) is 8.67. The van der Waals surface area contributed by atoms with E-state index in [0.29, 0.717) is 0 Å². The number of carbonyl (C=O) groups excluding carboxylic acids is 13. The van der Waals surface area contributed by atoms with Crippen LogP contribution in [0.4, 0.5) is 0 Å². The van der Waals surface area contributed by atoms with Gasteiger partial charge in [0.05, 0.1) is 26.2 Å². The number of nitrogens with zero attached hydrogens (tertiary/aromatic N) is 1. The van der Waals surface area contributed by atoms with Crippen molar-refractivity contribution in [3.05, 3.63) is 12.2 Å². The number of carbonyl (C=O) groups is 15. The summed E-state index contributed by atoms with van der Waals surface area (Å²) in [5, 5.41) is 61.5. The number of amides is 12. The van der Waals surface area contributed by atoms with Crippen LogP contribution in [0.5, 0.6) is 0 Å². The molecule has 1 aliphatic heterocycles. The van der Waals surface area contributed by atoms with Gasteiger partial charge in [-0.05, 0) is 76.0 Å². The maximum atomic E-state index is 14.1. The molecule has 0 bridgehead atoms. The van der Waals surface area contributed by atoms with Crippen LogP contribution in [0.25, 0.3) is 0 Å². The van der Waals surface area contributed by atoms with E-state index in [-0.39, 0.29) is 56.9 Å². The molecule has 1 rings (SSSR count). The van der Waals surface area contributed by atoms with Gasteiger partial charge in [0.2, 0.25) is 70.9 Å². The van der Waals surface area contributed by atoms with Gasteiger partial charge in [-0.15, -0.1) is 0 Å². The molecule has 0 aromatic carbocycles. The largest absolute Gasteiger partial charge is 0.481 e. The molecule has 1 unspecified atom stereocenters. The number of carboxylic acids is 2. The van der Waals surface area contributed by atoms with E-state index in [9.17, 15) is 92.3 Å². The highest BCUT2D eigenvalue weighted by Gasteiger charge is 2.41. The molecule has 1 heterocycles. The molecule has 0 aliphatic carbocycles. The summed E-state index contributed by atoms with van der Waals surface area (Å²) in [4.78, 5) is 196. The van der Waals surface area contributed by atoms with Crippen LogP contribution in [0, 0.1) is 17.8 Å². The van der Waals surface area contributed by atoms with Crippen molar-refractivity contribution in [1.29, 1.82) is 0 Å². The van der Waals surface area contributed by atoms with Gasteiger partial charge < -0.3 is 89.4 Å². The summed E-state index contributed by atoms with van der Waals surface area (Å²) in [6, 6.07) is -15.7. The number of nitrogens with one attached hydrogen (secondary N) is 9. The van der Waals surface area contributed by atoms with Gasteiger partial charge in [-0.3, -0.25) is 62.3 Å². The Hall–Kier alpha value is -8.29. The Bertz CT molecular complexity index is 2420. The second-order valence-electron chi connectivity index (χ2n) is 21.7. The van der Waals surface area contributed by atoms with Crippen LogP contribution in [0.15, 0.2) is 12.2 Å². The van der Waals surface area contributed by atoms with Gasteiger partial charge in [0.25, 0.3) is 0 Å². The topological polar surface area (TPSA) is 510 Å². The summed E-state index contributed by atoms with van der Waals surface area (Å²) in [6.07, 6.45) is -2.51. The molecule has 0 spiro atoms. The molecule has 32 nitrogen and oxygen atoms in total. The third kappa shape index (κ3) is 27.3. The first-order valence-electron chi connectivity index (χ1n) is 27.7. The van der Waals surface area contributed by atoms with E-state index in [2.05, 4.69) is 52.6 Å². The normalized spacial score (nSPS) is 16.6. The lowest BCUT2D eigenvalue weighted by atomic mass is 10.0. The number of aliphatic carboxylic acids is 2. The van der Waals surface area contributed by atoms with Gasteiger partial charge in [0, 0.05) is 32.4 Å². The Morgan fingerprint density at radius 1 is 0.576 bits per heavy atom. The van der Waals surface area contributed by atoms with Crippen molar-refractivity contribution in [2.45, 2.75) is 193 Å². The average Bonchev–Trinajstić information content (AvgIpc) is 4.14. The molecular formula is C53H86N12O20. The van der Waals surface area contributed by atoms with Crippen LogP contribution in [0.3, 0.4) is 0 Å². The van der Waals surface area contributed by atoms with Crippen molar-refractivity contribution in [2.24, 2.45) is 29.2 Å². The monoisotopic (exact) mass is 1210 g/mol. The fraction of sp³-hybridized carbons (Fsp3) is 0.679. The molecule has 0 aromatic rings. The number of primary amides is 2. The number of ether oxygens (including phenoxy) is 1. The summed E-state index contributed by atoms with van der Waals surface area (Å²) in [6.45, 7) is 11.0. The van der Waals surface area contributed by atoms with Crippen molar-refractivity contribution in [3.63, 3.8) is 0 Å². The van der Waals surface area contributed by atoms with E-state index < -0.39 is 200 Å². The Morgan fingerprint density at radius 3 is 1.52 bits per heavy atom. The van der Waals surface area contributed by atoms with Gasteiger partial charge in [-0.25, -0.2) is 9.59 Å². The predicted molar refractivity (Wildman–Crippen MR) is 297 cm³/mol. The van der Waals surface area contributed by atoms with Crippen molar-refractivity contribution in [3.8, 4) is 0 Å². The Labute approximate surface area is 491 Å². The lowest BCUT2D eigenvalue weighted by molar-refractivity contribution is -0.144. The molecule has 32 heteroatoms. The molecule has 0 radical (unpaired) electrons. The highest BCUT2D eigenvalue weighted by molar-refractivity contribution is 6.00. The highest BCUT2D eigenvalue weighted by atomic mass is 16.5. The van der Waals surface area contributed by atoms with Crippen LogP contribution in [0.1, 0.15) is 126 Å². The van der Waals surface area contributed by atoms with E-state index >= 15 is 0 Å². The summed E-state index contributed by atoms with van der Waals surface area (Å²) >= 11 is 0. The van der Waals surface area contributed by atoms with Crippen LogP contribution in [0.2, 0.25) is 0 Å². The number of likely N-dealkylation sites (tertiary alicyclic amines) is 1. The molecule has 0 aromatic heterocycles. The molecule has 11 atom stereocenters. The third-order valence-electron chi connectivity index (χ3n) is 13.0. The number of nitrogens with two attached hydrogens (primary N) is 2. The minimum atomic E-state index is -1.81. The van der Waals surface area contributed by atoms with Crippen molar-refractivity contribution < 1.29 is 97.1 Å². The number of carboxylic acid groups (broad SMARTS) is 2. The van der Waals surface area contributed by atoms with Crippen molar-refractivity contribution >= 4 is 88.8 Å². The first-order chi connectivity index (χ1) is 39.6. The van der Waals surface area contributed by atoms with Crippen LogP contribution in [-0.4, -0.2) is 201 Å². The first kappa shape index (κ1) is 74.7. The number of allylic oxidation sites excluding steroid dienone is 1. The summed E-state index contributed by atoms with van der Waals surface area (Å²) in [5.41, 5.74) is 10.6. The molecule has 1 saturated heterocycles. The molecular weight excluding hydrogens is 1120 g/mol. The number of esters is 1. The van der Waals surface area contributed by atoms with Gasteiger partial charge in [-0.2, -0.15) is 0 Å². The van der Waals surface area contributed by atoms with Gasteiger partial charge >= 0.3 is 17.9 Å². The van der Waals surface area contributed by atoms with E-state index in [0.717, 1.165) is 25.0 Å². The summed E-state index contributed by atoms with van der Waals surface area (Å²) in [7, 11) is 1.10. The zero-order valence-corrected chi connectivity index (χ0v) is 49.4. The molecule has 17 N–H and O–H groups in total. The average molecular weight is 1210 g/mol. The maximum absolute atomic E-state index is 14.1. The van der Waals surface area contributed by atoms with E-state index in [4.69, 9.17) is 11.5 Å². The maximum Gasteiger partial charge on any atom is 0.330 e. The van der Waals surface area contributed by atoms with Gasteiger partial charge in [0.1, 0.15) is 60.4 Å². The van der Waals surface area contributed by atoms with Crippen LogP contribution < -0.4 is 59.3 Å². The molecule has 1 aliphatic rings. The molecule has 1 fully saturated rings. The van der Waals surface area contributed by atoms with E-state index in [1.54, 1.807) is 27.7 Å². The second kappa shape index (κ2) is 37.1. The highest BCUT2D eigenvalue weighted by Crippen LogP contribution is 2.20. The van der Waals surface area contributed by atoms with Crippen molar-refractivity contribution in [2.75, 3.05) is 20.3 Å². The zero-order chi connectivity index (χ0) is 65.0. The van der Waals surface area contributed by atoms with E-state index in [1.807, 2.05) is 0 Å². The second-order valence-corrected chi connectivity index (χ2v) is 21.7. The van der Waals surface area contributed by atoms with Crippen molar-refractivity contribution in [1.82, 2.24) is 52.8 Å². The van der Waals surface area contributed by atoms with Gasteiger partial charge in [-0.1, -0.05) is 47.6 Å². The predicted octanol–water partition coefficient (Wildman–Crippen LogP) is -4.92. The number of aliphatic hydroxyl groups excluding tert-OH is 2. The lowest BCUT2D eigenvalue weighted by Crippen LogP contribution is -2.62. The number of aliphatic hydroxyl groups is 2. The Morgan fingerprint density at radius 2 is 1.05 bits per heavy atom. The smallest absolute Gasteiger partial charge is 0.330 e. The number of methoxy groups -OCH3 is 1. The Kier molecular flexibility index (Phi) is 32.6. The third-order valence-corrected chi connectivity index (χ3v) is 13.0. The quantitative estimate of drug-likeness (QED) is 0.0203. The summed E-state index contributed by atoms with van der Waals surface area (Å²) in [5.74, 6) is -16.8. The zero-order valence-electron chi connectivity index (χ0n) is 49.4. The van der Waals surface area contributed by atoms with Gasteiger partial charge in [0.15, 0.2) is 0 Å². The molecule has 12 amide bonds. The first-order valence-corrected chi connectivity index (χ1v) is 27.7. The number of hydrogen-bond donors (Lipinski definition) is 15. The van der Waals surface area contributed by atoms with E-state index in [1.165, 1.54) is 26.8 Å². The SMILES string of the molecule is COC(=O)/C=C/CC[C@H](NC(=O)[C@H](CC(N)=O)NC(C)=O)C(=O)N[C@@H](CCC(=O)O)C(=O)N[C@@H](CCC(N)=O)C(=O)N[C@H](C(=O)N[C@@H](CO)C(=O)N1CCC[C@H]1C(=O)N[C@@H](CC(C)C)C(=O)N[C@H](C(=O)N[C@@H](CC(C)C)C(=O)O)C(C)O)C(C)C. The van der Waals surface area contributed by atoms with Crippen LogP contribution >= 0.6 is 0 Å². The summed E-state index contributed by atoms with van der Waals surface area (Å²) < 4.78 is 4.54. The van der Waals surface area contributed by atoms with Crippen LogP contribution in [-0.2, 0) is 76.7 Å². The molecule has 85 heavy (non-hydrogen) atoms. The number of rotatable bonds is 38. The minimum Gasteiger partial charge on any atom is -0.481 e. The standard InChI is InChI=1S/C53H86N12O20/c1-25(2)21-33(48(78)64-43(28(7)67)51(81)61-35(53(83)84)22-26(3)4)60-49(79)37-14-12-20-65(37)52(82)36(24-66)62-50(80)42(27(5)6)63-46(76)31(16-18-38(54)69)58-45(75)32(17-19-40(71)72)59-44(74)30(13-10-11-15-41(73)85-9)57-47(77)34(23-39(55)70)56-29(8)68/h11,15,25-28,30-37,42-43,66-67H,10,12-14,16-24H2,1-9H3,(H2,54,69)(H2,55,70)(H,56,68)(H,57,77)(H,58,75)(H,59,74)(H,60,79)(H,61,81)(H,62,80)(H,63,76)(H,64,78)(H,71,72)(H,83,84)/b15-11+/t28?,30-,31-,32-,33-,34-,35-,36-,37-,42-,43-/m0/s1. The minimum absolute atomic E-state index is 0.00343. The lowest BCUT2D eigenvalue weighted by Gasteiger charge is -2.31. The number of hydrogen-bond acceptors (Lipinski definition) is 18. The molecule has 478 valence electrons. The Balaban J connectivity index is 3.48.